The van der Waals surface area contributed by atoms with Crippen molar-refractivity contribution in [3.8, 4) is 6.07 Å². The highest BCUT2D eigenvalue weighted by Crippen LogP contribution is 2.40. The van der Waals surface area contributed by atoms with Crippen LogP contribution in [0.15, 0.2) is 28.7 Å². The summed E-state index contributed by atoms with van der Waals surface area (Å²) in [7, 11) is 0. The summed E-state index contributed by atoms with van der Waals surface area (Å²) in [6, 6.07) is 10.9. The Morgan fingerprint density at radius 1 is 1.20 bits per heavy atom. The number of nitrogens with zero attached hydrogens (tertiary/aromatic N) is 1. The molecule has 0 unspecified atom stereocenters. The molecular weight excluding hydrogens is 250 g/mol. The summed E-state index contributed by atoms with van der Waals surface area (Å²) in [5.74, 6) is 0. The van der Waals surface area contributed by atoms with Gasteiger partial charge in [-0.05, 0) is 37.0 Å². The van der Waals surface area contributed by atoms with Gasteiger partial charge in [0.05, 0.1) is 11.5 Å². The Morgan fingerprint density at radius 2 is 1.80 bits per heavy atom. The molecule has 0 radical (unpaired) electrons. The predicted octanol–water partition coefficient (Wildman–Crippen LogP) is 4.08. The van der Waals surface area contributed by atoms with Gasteiger partial charge in [-0.25, -0.2) is 0 Å². The standard InChI is InChI=1S/C13H14BrN/c14-12-5-3-11(4-6-12)9-13(10-15)7-1-2-8-13/h3-6H,1-2,7-9H2. The van der Waals surface area contributed by atoms with Gasteiger partial charge in [0, 0.05) is 4.47 Å². The zero-order chi connectivity index (χ0) is 10.7. The zero-order valence-electron chi connectivity index (χ0n) is 8.67. The molecule has 1 aliphatic rings. The van der Waals surface area contributed by atoms with Crippen LogP contribution in [0, 0.1) is 16.7 Å². The van der Waals surface area contributed by atoms with Crippen molar-refractivity contribution in [2.75, 3.05) is 0 Å². The lowest BCUT2D eigenvalue weighted by Gasteiger charge is -2.19. The van der Waals surface area contributed by atoms with Crippen LogP contribution in [0.3, 0.4) is 0 Å². The Kier molecular flexibility index (Phi) is 3.11. The molecule has 2 heteroatoms. The molecule has 15 heavy (non-hydrogen) atoms. The lowest BCUT2D eigenvalue weighted by Crippen LogP contribution is -2.16. The number of benzene rings is 1. The molecule has 0 bridgehead atoms. The second-order valence-corrected chi connectivity index (χ2v) is 5.32. The summed E-state index contributed by atoms with van der Waals surface area (Å²) in [5.41, 5.74) is 1.20. The lowest BCUT2D eigenvalue weighted by atomic mass is 9.82. The van der Waals surface area contributed by atoms with E-state index in [1.54, 1.807) is 0 Å². The average molecular weight is 264 g/mol. The van der Waals surface area contributed by atoms with E-state index < -0.39 is 0 Å². The number of halogens is 1. The van der Waals surface area contributed by atoms with E-state index in [0.29, 0.717) is 0 Å². The van der Waals surface area contributed by atoms with Crippen molar-refractivity contribution >= 4 is 15.9 Å². The maximum absolute atomic E-state index is 9.27. The molecule has 1 fully saturated rings. The topological polar surface area (TPSA) is 23.8 Å². The van der Waals surface area contributed by atoms with Crippen molar-refractivity contribution in [3.63, 3.8) is 0 Å². The van der Waals surface area contributed by atoms with E-state index in [0.717, 1.165) is 23.7 Å². The van der Waals surface area contributed by atoms with Crippen molar-refractivity contribution in [1.82, 2.24) is 0 Å². The minimum Gasteiger partial charge on any atom is -0.198 e. The molecular formula is C13H14BrN. The van der Waals surface area contributed by atoms with Crippen LogP contribution in [0.2, 0.25) is 0 Å². The Balaban J connectivity index is 2.14. The predicted molar refractivity (Wildman–Crippen MR) is 64.4 cm³/mol. The monoisotopic (exact) mass is 263 g/mol. The van der Waals surface area contributed by atoms with Crippen LogP contribution in [0.4, 0.5) is 0 Å². The molecule has 78 valence electrons. The molecule has 1 saturated carbocycles. The number of rotatable bonds is 2. The van der Waals surface area contributed by atoms with Gasteiger partial charge in [0.25, 0.3) is 0 Å². The molecule has 2 rings (SSSR count). The summed E-state index contributed by atoms with van der Waals surface area (Å²) in [4.78, 5) is 0. The van der Waals surface area contributed by atoms with Gasteiger partial charge < -0.3 is 0 Å². The van der Waals surface area contributed by atoms with E-state index in [9.17, 15) is 5.26 Å². The third-order valence-electron chi connectivity index (χ3n) is 3.25. The maximum atomic E-state index is 9.27. The second-order valence-electron chi connectivity index (χ2n) is 4.40. The molecule has 0 aliphatic heterocycles. The third kappa shape index (κ3) is 2.41. The summed E-state index contributed by atoms with van der Waals surface area (Å²) >= 11 is 3.42. The van der Waals surface area contributed by atoms with Crippen LogP contribution < -0.4 is 0 Å². The van der Waals surface area contributed by atoms with Crippen LogP contribution in [-0.2, 0) is 6.42 Å². The van der Waals surface area contributed by atoms with Gasteiger partial charge in [-0.1, -0.05) is 40.9 Å². The molecule has 0 atom stereocenters. The first-order valence-electron chi connectivity index (χ1n) is 5.40. The summed E-state index contributed by atoms with van der Waals surface area (Å²) in [6.45, 7) is 0. The zero-order valence-corrected chi connectivity index (χ0v) is 10.3. The molecule has 0 N–H and O–H groups in total. The van der Waals surface area contributed by atoms with Crippen molar-refractivity contribution in [2.24, 2.45) is 5.41 Å². The van der Waals surface area contributed by atoms with Crippen LogP contribution in [0.25, 0.3) is 0 Å². The van der Waals surface area contributed by atoms with Crippen molar-refractivity contribution in [2.45, 2.75) is 32.1 Å². The van der Waals surface area contributed by atoms with E-state index >= 15 is 0 Å². The first-order chi connectivity index (χ1) is 7.24. The van der Waals surface area contributed by atoms with Gasteiger partial charge in [-0.15, -0.1) is 0 Å². The molecule has 1 aliphatic carbocycles. The summed E-state index contributed by atoms with van der Waals surface area (Å²) < 4.78 is 1.10. The van der Waals surface area contributed by atoms with Gasteiger partial charge in [0.2, 0.25) is 0 Å². The summed E-state index contributed by atoms with van der Waals surface area (Å²) in [5, 5.41) is 9.27. The fourth-order valence-corrected chi connectivity index (χ4v) is 2.64. The van der Waals surface area contributed by atoms with Crippen molar-refractivity contribution < 1.29 is 0 Å². The smallest absolute Gasteiger partial charge is 0.0693 e. The second kappa shape index (κ2) is 4.37. The first kappa shape index (κ1) is 10.7. The SMILES string of the molecule is N#CC1(Cc2ccc(Br)cc2)CCCC1. The average Bonchev–Trinajstić information content (AvgIpc) is 2.71. The molecule has 0 amide bonds. The van der Waals surface area contributed by atoms with E-state index in [1.165, 1.54) is 18.4 Å². The Bertz CT molecular complexity index is 369. The van der Waals surface area contributed by atoms with Crippen LogP contribution in [0.1, 0.15) is 31.2 Å². The fourth-order valence-electron chi connectivity index (χ4n) is 2.37. The summed E-state index contributed by atoms with van der Waals surface area (Å²) in [6.07, 6.45) is 5.48. The maximum Gasteiger partial charge on any atom is 0.0693 e. The third-order valence-corrected chi connectivity index (χ3v) is 3.78. The van der Waals surface area contributed by atoms with Crippen molar-refractivity contribution in [3.05, 3.63) is 34.3 Å². The number of nitriles is 1. The van der Waals surface area contributed by atoms with Gasteiger partial charge in [0.15, 0.2) is 0 Å². The Morgan fingerprint density at radius 3 is 2.33 bits per heavy atom. The highest BCUT2D eigenvalue weighted by Gasteiger charge is 2.33. The highest BCUT2D eigenvalue weighted by atomic mass is 79.9. The van der Waals surface area contributed by atoms with Crippen LogP contribution in [-0.4, -0.2) is 0 Å². The van der Waals surface area contributed by atoms with Crippen LogP contribution in [0.5, 0.6) is 0 Å². The number of hydrogen-bond donors (Lipinski definition) is 0. The highest BCUT2D eigenvalue weighted by molar-refractivity contribution is 9.10. The normalized spacial score (nSPS) is 18.7. The Labute approximate surface area is 99.2 Å². The fraction of sp³-hybridized carbons (Fsp3) is 0.462. The van der Waals surface area contributed by atoms with E-state index in [-0.39, 0.29) is 5.41 Å². The molecule has 1 aromatic rings. The molecule has 0 heterocycles. The van der Waals surface area contributed by atoms with Crippen molar-refractivity contribution in [1.29, 1.82) is 5.26 Å². The molecule has 1 aromatic carbocycles. The first-order valence-corrected chi connectivity index (χ1v) is 6.19. The van der Waals surface area contributed by atoms with Gasteiger partial charge in [0.1, 0.15) is 0 Å². The van der Waals surface area contributed by atoms with Gasteiger partial charge in [-0.2, -0.15) is 5.26 Å². The van der Waals surface area contributed by atoms with Gasteiger partial charge in [-0.3, -0.25) is 0 Å². The molecule has 0 aromatic heterocycles. The lowest BCUT2D eigenvalue weighted by molar-refractivity contribution is 0.408. The largest absolute Gasteiger partial charge is 0.198 e. The van der Waals surface area contributed by atoms with E-state index in [1.807, 2.05) is 0 Å². The molecule has 0 saturated heterocycles. The van der Waals surface area contributed by atoms with Gasteiger partial charge >= 0.3 is 0 Å². The van der Waals surface area contributed by atoms with E-state index in [2.05, 4.69) is 46.3 Å². The Hall–Kier alpha value is -0.810. The number of hydrogen-bond acceptors (Lipinski definition) is 1. The minimum atomic E-state index is -0.0756. The quantitative estimate of drug-likeness (QED) is 0.789. The van der Waals surface area contributed by atoms with Crippen LogP contribution >= 0.6 is 15.9 Å². The molecule has 1 nitrogen and oxygen atoms in total. The molecule has 0 spiro atoms. The minimum absolute atomic E-state index is 0.0756. The van der Waals surface area contributed by atoms with E-state index in [4.69, 9.17) is 0 Å².